The lowest BCUT2D eigenvalue weighted by Gasteiger charge is -2.48. The molecule has 10 rings (SSSR count). The Morgan fingerprint density at radius 2 is 1.58 bits per heavy atom. The molecule has 344 valence electrons. The number of sulfone groups is 1. The first-order valence-corrected chi connectivity index (χ1v) is 24.3. The fourth-order valence-corrected chi connectivity index (χ4v) is 13.4. The van der Waals surface area contributed by atoms with Crippen molar-refractivity contribution >= 4 is 15.8 Å². The molecule has 1 aromatic carbocycles. The van der Waals surface area contributed by atoms with Crippen LogP contribution in [0, 0.1) is 11.8 Å². The molecule has 9 aliphatic rings. The van der Waals surface area contributed by atoms with Crippen LogP contribution in [0.1, 0.15) is 84.0 Å². The molecule has 9 aliphatic heterocycles. The van der Waals surface area contributed by atoms with E-state index in [0.717, 1.165) is 30.4 Å². The Balaban J connectivity index is 0.798. The Hall–Kier alpha value is -2.32. The molecule has 62 heavy (non-hydrogen) atoms. The topological polar surface area (TPSA) is 195 Å². The van der Waals surface area contributed by atoms with Gasteiger partial charge in [-0.3, -0.25) is 4.79 Å². The van der Waals surface area contributed by atoms with E-state index in [1.165, 1.54) is 7.11 Å². The lowest BCUT2D eigenvalue weighted by Crippen LogP contribution is -2.62. The van der Waals surface area contributed by atoms with Crippen molar-refractivity contribution in [3.8, 4) is 0 Å². The highest BCUT2D eigenvalue weighted by molar-refractivity contribution is 7.91. The summed E-state index contributed by atoms with van der Waals surface area (Å²) in [4.78, 5) is 12.0. The third-order valence-electron chi connectivity index (χ3n) is 14.9. The van der Waals surface area contributed by atoms with E-state index in [1.807, 2.05) is 0 Å². The molecule has 9 heterocycles. The molecular formula is C46H64O15S. The molecule has 3 N–H and O–H groups in total. The lowest BCUT2D eigenvalue weighted by atomic mass is 9.85. The van der Waals surface area contributed by atoms with Gasteiger partial charge in [-0.15, -0.1) is 0 Å². The van der Waals surface area contributed by atoms with Gasteiger partial charge in [0.25, 0.3) is 0 Å². The number of aliphatic hydroxyl groups excluding tert-OH is 2. The number of carbonyl (C=O) groups is 1. The lowest BCUT2D eigenvalue weighted by molar-refractivity contribution is -0.295. The normalized spacial score (nSPS) is 43.4. The second kappa shape index (κ2) is 18.2. The number of rotatable bonds is 17. The predicted molar refractivity (Wildman–Crippen MR) is 221 cm³/mol. The molecule has 9 saturated heterocycles. The molecule has 6 bridgehead atoms. The summed E-state index contributed by atoms with van der Waals surface area (Å²) in [6, 6.07) is 8.34. The summed E-state index contributed by atoms with van der Waals surface area (Å²) < 4.78 is 86.1. The number of carboxylic acids is 1. The van der Waals surface area contributed by atoms with Gasteiger partial charge < -0.3 is 58.0 Å². The van der Waals surface area contributed by atoms with Crippen molar-refractivity contribution in [2.75, 3.05) is 19.5 Å². The molecule has 0 amide bonds. The van der Waals surface area contributed by atoms with Gasteiger partial charge in [0.2, 0.25) is 0 Å². The zero-order valence-electron chi connectivity index (χ0n) is 35.7. The summed E-state index contributed by atoms with van der Waals surface area (Å²) in [5, 5.41) is 29.6. The number of hydrogen-bond donors (Lipinski definition) is 3. The minimum atomic E-state index is -3.70. The van der Waals surface area contributed by atoms with Gasteiger partial charge in [0.15, 0.2) is 15.6 Å². The first-order chi connectivity index (χ1) is 29.7. The van der Waals surface area contributed by atoms with E-state index in [2.05, 4.69) is 13.2 Å². The molecule has 0 aromatic heterocycles. The Labute approximate surface area is 364 Å². The van der Waals surface area contributed by atoms with Gasteiger partial charge in [-0.1, -0.05) is 36.9 Å². The molecule has 19 atom stereocenters. The number of hydrogen-bond acceptors (Lipinski definition) is 14. The molecule has 0 spiro atoms. The van der Waals surface area contributed by atoms with Gasteiger partial charge in [-0.25, -0.2) is 8.42 Å². The number of fused-ring (bicyclic) bond motifs is 1. The second-order valence-electron chi connectivity index (χ2n) is 19.1. The molecule has 1 aromatic rings. The number of aliphatic hydroxyl groups is 2. The zero-order chi connectivity index (χ0) is 43.5. The van der Waals surface area contributed by atoms with E-state index in [-0.39, 0.29) is 72.0 Å². The van der Waals surface area contributed by atoms with Gasteiger partial charge in [-0.2, -0.15) is 0 Å². The number of aliphatic carboxylic acids is 1. The van der Waals surface area contributed by atoms with E-state index in [1.54, 1.807) is 37.3 Å². The summed E-state index contributed by atoms with van der Waals surface area (Å²) in [6.07, 6.45) is 1.46. The Morgan fingerprint density at radius 1 is 0.855 bits per heavy atom. The van der Waals surface area contributed by atoms with E-state index in [4.69, 9.17) is 42.6 Å². The van der Waals surface area contributed by atoms with E-state index in [9.17, 15) is 28.5 Å². The number of methoxy groups -OCH3 is 1. The number of benzene rings is 1. The highest BCUT2D eigenvalue weighted by Crippen LogP contribution is 2.54. The first kappa shape index (κ1) is 44.9. The second-order valence-corrected chi connectivity index (χ2v) is 21.2. The van der Waals surface area contributed by atoms with E-state index < -0.39 is 82.8 Å². The van der Waals surface area contributed by atoms with Crippen molar-refractivity contribution in [2.45, 2.75) is 192 Å². The molecule has 15 nitrogen and oxygen atoms in total. The summed E-state index contributed by atoms with van der Waals surface area (Å²) >= 11 is 0. The fourth-order valence-electron chi connectivity index (χ4n) is 11.7. The molecule has 0 aliphatic carbocycles. The minimum Gasteiger partial charge on any atom is -0.481 e. The quantitative estimate of drug-likeness (QED) is 0.190. The average molecular weight is 889 g/mol. The predicted octanol–water partition coefficient (Wildman–Crippen LogP) is 4.06. The van der Waals surface area contributed by atoms with E-state index in [0.29, 0.717) is 51.4 Å². The largest absolute Gasteiger partial charge is 0.481 e. The van der Waals surface area contributed by atoms with Crippen LogP contribution in [-0.2, 0) is 57.3 Å². The standard InChI is InChI=1S/C46H64O15S/c1-24-16-28(54-30(17-24)20-36-32(23-62(51,52)31-8-6-5-7-9-31)39(53-4)37(56-36)19-27(48)22-47)10-11-33-25(2)18-29(55-33)14-15-46-21-38-41(60-46)42-43(59-38)44(61-46)40-35(58-42)13-12-34(57-40)26(3)45(49)50/h5-9,26-30,32-44,47-48H,1-2,10-23H2,3-4H3,(H,49,50)/t26?,27-,28-,29-,30+,32-,33-,34+,35-,36-,37+,38+,39+,40-,41-,42-,43+,44-,46+/m0/s1. The van der Waals surface area contributed by atoms with Crippen LogP contribution in [0.25, 0.3) is 0 Å². The van der Waals surface area contributed by atoms with Crippen LogP contribution in [0.15, 0.2) is 59.5 Å². The summed E-state index contributed by atoms with van der Waals surface area (Å²) in [5.41, 5.74) is 2.10. The van der Waals surface area contributed by atoms with Crippen LogP contribution >= 0.6 is 0 Å². The van der Waals surface area contributed by atoms with Crippen LogP contribution in [0.3, 0.4) is 0 Å². The highest BCUT2D eigenvalue weighted by atomic mass is 32.2. The molecule has 9 fully saturated rings. The fraction of sp³-hybridized carbons (Fsp3) is 0.761. The summed E-state index contributed by atoms with van der Waals surface area (Å²) in [7, 11) is -2.17. The molecule has 1 unspecified atom stereocenters. The van der Waals surface area contributed by atoms with Crippen LogP contribution in [0.5, 0.6) is 0 Å². The number of carboxylic acid groups (broad SMARTS) is 1. The van der Waals surface area contributed by atoms with Gasteiger partial charge >= 0.3 is 5.97 Å². The van der Waals surface area contributed by atoms with Gasteiger partial charge in [0, 0.05) is 38.7 Å². The highest BCUT2D eigenvalue weighted by Gasteiger charge is 2.69. The van der Waals surface area contributed by atoms with Crippen molar-refractivity contribution in [3.05, 3.63) is 54.6 Å². The third kappa shape index (κ3) is 8.98. The number of ether oxygens (including phenoxy) is 9. The van der Waals surface area contributed by atoms with Crippen molar-refractivity contribution in [3.63, 3.8) is 0 Å². The van der Waals surface area contributed by atoms with Crippen LogP contribution < -0.4 is 0 Å². The average Bonchev–Trinajstić information content (AvgIpc) is 3.93. The van der Waals surface area contributed by atoms with Crippen molar-refractivity contribution in [2.24, 2.45) is 11.8 Å². The van der Waals surface area contributed by atoms with Crippen molar-refractivity contribution < 1.29 is 71.2 Å². The van der Waals surface area contributed by atoms with Gasteiger partial charge in [0.1, 0.15) is 30.5 Å². The Morgan fingerprint density at radius 3 is 2.34 bits per heavy atom. The Bertz CT molecular complexity index is 1900. The van der Waals surface area contributed by atoms with E-state index >= 15 is 0 Å². The van der Waals surface area contributed by atoms with Gasteiger partial charge in [0.05, 0.1) is 90.3 Å². The zero-order valence-corrected chi connectivity index (χ0v) is 36.6. The summed E-state index contributed by atoms with van der Waals surface area (Å²) in [5.74, 6) is -3.12. The van der Waals surface area contributed by atoms with Gasteiger partial charge in [-0.05, 0) is 76.0 Å². The molecular weight excluding hydrogens is 825 g/mol. The molecule has 0 saturated carbocycles. The monoisotopic (exact) mass is 888 g/mol. The van der Waals surface area contributed by atoms with Crippen LogP contribution in [0.2, 0.25) is 0 Å². The molecule has 0 radical (unpaired) electrons. The minimum absolute atomic E-state index is 0.0629. The third-order valence-corrected chi connectivity index (χ3v) is 16.7. The smallest absolute Gasteiger partial charge is 0.308 e. The maximum atomic E-state index is 13.6. The van der Waals surface area contributed by atoms with Crippen LogP contribution in [-0.4, -0.2) is 153 Å². The van der Waals surface area contributed by atoms with Crippen molar-refractivity contribution in [1.29, 1.82) is 0 Å². The maximum absolute atomic E-state index is 13.6. The maximum Gasteiger partial charge on any atom is 0.308 e. The van der Waals surface area contributed by atoms with Crippen molar-refractivity contribution in [1.82, 2.24) is 0 Å². The SMILES string of the molecule is C=C1C[C@H](C[C@@H]2O[C@H](C[C@H](O)CO)[C@H](OC)[C@H]2CS(=O)(=O)c2ccccc2)O[C@@H](CC[C@@H]2O[C@@H](CC[C@]34C[C@H]5O[C@H]6[C@@H](O3)[C@H]3O[C@@H](C(C)C(=O)O)CC[C@@H]3O[C@H]6[C@H]5O4)CC2=C)C1. The van der Waals surface area contributed by atoms with Crippen LogP contribution in [0.4, 0.5) is 0 Å². The Kier molecular flexibility index (Phi) is 13.1. The molecule has 16 heteroatoms. The first-order valence-electron chi connectivity index (χ1n) is 22.7. The summed E-state index contributed by atoms with van der Waals surface area (Å²) in [6.45, 7) is 10.00.